The molecule has 1 amide bonds. The minimum Gasteiger partial charge on any atom is -0.339 e. The molecule has 124 valence electrons. The van der Waals surface area contributed by atoms with Gasteiger partial charge in [0.1, 0.15) is 11.7 Å². The van der Waals surface area contributed by atoms with Crippen LogP contribution in [0.2, 0.25) is 0 Å². The Morgan fingerprint density at radius 2 is 1.88 bits per heavy atom. The van der Waals surface area contributed by atoms with E-state index in [0.29, 0.717) is 5.56 Å². The molecule has 2 rings (SSSR count). The summed E-state index contributed by atoms with van der Waals surface area (Å²) < 4.78 is 37.3. The summed E-state index contributed by atoms with van der Waals surface area (Å²) in [5.41, 5.74) is 2.41. The lowest BCUT2D eigenvalue weighted by molar-refractivity contribution is -0.149. The topological polar surface area (TPSA) is 42.0 Å². The Balaban J connectivity index is 2.07. The maximum atomic E-state index is 12.4. The Bertz CT molecular complexity index is 786. The van der Waals surface area contributed by atoms with Gasteiger partial charge in [-0.15, -0.1) is 0 Å². The van der Waals surface area contributed by atoms with Gasteiger partial charge in [0.15, 0.2) is 0 Å². The van der Waals surface area contributed by atoms with E-state index in [1.54, 1.807) is 6.07 Å². The second-order valence-electron chi connectivity index (χ2n) is 5.29. The lowest BCUT2D eigenvalue weighted by Gasteiger charge is -2.16. The Morgan fingerprint density at radius 3 is 2.46 bits per heavy atom. The number of amides is 1. The molecule has 0 unspecified atom stereocenters. The third kappa shape index (κ3) is 4.85. The van der Waals surface area contributed by atoms with Crippen molar-refractivity contribution >= 4 is 5.91 Å². The van der Waals surface area contributed by atoms with E-state index in [1.807, 2.05) is 36.5 Å². The number of carbonyl (C=O) groups excluding carboxylic acids is 1. The van der Waals surface area contributed by atoms with Crippen LogP contribution in [0.5, 0.6) is 0 Å². The zero-order valence-corrected chi connectivity index (χ0v) is 13.1. The second-order valence-corrected chi connectivity index (χ2v) is 5.29. The number of benzene rings is 1. The molecular weight excluding hydrogens is 317 g/mol. The largest absolute Gasteiger partial charge is 0.408 e. The zero-order chi connectivity index (χ0) is 17.7. The molecule has 0 bridgehead atoms. The Hall–Kier alpha value is -2.81. The van der Waals surface area contributed by atoms with E-state index in [4.69, 9.17) is 0 Å². The van der Waals surface area contributed by atoms with Gasteiger partial charge >= 0.3 is 6.18 Å². The number of pyridine rings is 1. The number of hydrogen-bond donors (Lipinski definition) is 1. The van der Waals surface area contributed by atoms with E-state index in [-0.39, 0.29) is 5.69 Å². The predicted molar refractivity (Wildman–Crippen MR) is 84.4 cm³/mol. The smallest absolute Gasteiger partial charge is 0.339 e. The zero-order valence-electron chi connectivity index (χ0n) is 13.1. The van der Waals surface area contributed by atoms with Crippen LogP contribution < -0.4 is 5.32 Å². The molecule has 0 aliphatic rings. The molecule has 0 saturated heterocycles. The van der Waals surface area contributed by atoms with Gasteiger partial charge in [-0.1, -0.05) is 24.0 Å². The predicted octanol–water partition coefficient (Wildman–Crippen LogP) is 3.47. The van der Waals surface area contributed by atoms with Gasteiger partial charge in [0, 0.05) is 17.3 Å². The molecule has 1 atom stereocenters. The van der Waals surface area contributed by atoms with Crippen molar-refractivity contribution in [2.24, 2.45) is 0 Å². The highest BCUT2D eigenvalue weighted by Gasteiger charge is 2.37. The normalized spacial score (nSPS) is 12.0. The van der Waals surface area contributed by atoms with Gasteiger partial charge in [0.05, 0.1) is 0 Å². The van der Waals surface area contributed by atoms with Crippen molar-refractivity contribution in [2.45, 2.75) is 26.1 Å². The molecule has 0 aliphatic heterocycles. The number of hydrogen-bond acceptors (Lipinski definition) is 2. The maximum Gasteiger partial charge on any atom is 0.408 e. The van der Waals surface area contributed by atoms with Crippen LogP contribution in [-0.2, 0) is 0 Å². The first-order valence-electron chi connectivity index (χ1n) is 7.18. The molecule has 0 saturated carbocycles. The summed E-state index contributed by atoms with van der Waals surface area (Å²) in [7, 11) is 0. The van der Waals surface area contributed by atoms with Crippen LogP contribution in [0.1, 0.15) is 34.1 Å². The van der Waals surface area contributed by atoms with Gasteiger partial charge in [-0.3, -0.25) is 4.79 Å². The molecule has 1 N–H and O–H groups in total. The van der Waals surface area contributed by atoms with Crippen LogP contribution in [0, 0.1) is 18.8 Å². The van der Waals surface area contributed by atoms with Gasteiger partial charge in [0.25, 0.3) is 5.91 Å². The molecule has 0 spiro atoms. The fraction of sp³-hybridized carbons (Fsp3) is 0.222. The number of nitrogens with one attached hydrogen (secondary N) is 1. The first-order chi connectivity index (χ1) is 11.3. The quantitative estimate of drug-likeness (QED) is 0.856. The van der Waals surface area contributed by atoms with Crippen LogP contribution in [0.4, 0.5) is 13.2 Å². The van der Waals surface area contributed by atoms with Gasteiger partial charge in [-0.05, 0) is 43.7 Å². The van der Waals surface area contributed by atoms with E-state index in [0.717, 1.165) is 18.1 Å². The third-order valence-electron chi connectivity index (χ3n) is 3.20. The maximum absolute atomic E-state index is 12.4. The van der Waals surface area contributed by atoms with Gasteiger partial charge in [0.2, 0.25) is 0 Å². The first-order valence-corrected chi connectivity index (χ1v) is 7.18. The molecule has 6 heteroatoms. The lowest BCUT2D eigenvalue weighted by Crippen LogP contribution is -2.43. The van der Waals surface area contributed by atoms with Crippen molar-refractivity contribution in [2.75, 3.05) is 0 Å². The highest BCUT2D eigenvalue weighted by atomic mass is 19.4. The molecule has 0 radical (unpaired) electrons. The number of nitrogens with zero attached hydrogens (tertiary/aromatic N) is 1. The second kappa shape index (κ2) is 7.18. The molecule has 24 heavy (non-hydrogen) atoms. The van der Waals surface area contributed by atoms with E-state index >= 15 is 0 Å². The Morgan fingerprint density at radius 1 is 1.17 bits per heavy atom. The molecule has 1 aromatic heterocycles. The minimum atomic E-state index is -4.49. The van der Waals surface area contributed by atoms with Crippen LogP contribution in [0.15, 0.2) is 42.6 Å². The van der Waals surface area contributed by atoms with Crippen LogP contribution in [-0.4, -0.2) is 23.1 Å². The van der Waals surface area contributed by atoms with Crippen molar-refractivity contribution < 1.29 is 18.0 Å². The Labute approximate surface area is 137 Å². The summed E-state index contributed by atoms with van der Waals surface area (Å²) in [6, 6.07) is 8.61. The lowest BCUT2D eigenvalue weighted by atomic mass is 10.1. The Kier molecular flexibility index (Phi) is 5.24. The molecule has 1 aromatic carbocycles. The van der Waals surface area contributed by atoms with Gasteiger partial charge in [-0.2, -0.15) is 13.2 Å². The molecule has 0 aliphatic carbocycles. The van der Waals surface area contributed by atoms with E-state index in [2.05, 4.69) is 16.8 Å². The summed E-state index contributed by atoms with van der Waals surface area (Å²) >= 11 is 0. The van der Waals surface area contributed by atoms with Crippen LogP contribution in [0.25, 0.3) is 0 Å². The fourth-order valence-electron chi connectivity index (χ4n) is 1.82. The van der Waals surface area contributed by atoms with Gasteiger partial charge in [-0.25, -0.2) is 4.98 Å². The standard InChI is InChI=1S/C18H15F3N2O/c1-12-4-3-5-14(10-12)6-7-15-8-9-16(22-11-15)17(24)23-13(2)18(19,20)21/h3-5,8-11,13H,1-2H3,(H,23,24)/t13-/m0/s1. The number of halogens is 3. The minimum absolute atomic E-state index is 0.0906. The average molecular weight is 332 g/mol. The summed E-state index contributed by atoms with van der Waals surface area (Å²) in [6.07, 6.45) is -3.13. The van der Waals surface area contributed by atoms with Crippen LogP contribution >= 0.6 is 0 Å². The SMILES string of the molecule is Cc1cccc(C#Cc2ccc(C(=O)N[C@@H](C)C(F)(F)F)nc2)c1. The molecule has 3 nitrogen and oxygen atoms in total. The molecular formula is C18H15F3N2O. The van der Waals surface area contributed by atoms with Crippen molar-refractivity contribution in [1.29, 1.82) is 0 Å². The number of aryl methyl sites for hydroxylation is 1. The van der Waals surface area contributed by atoms with Gasteiger partial charge < -0.3 is 5.32 Å². The van der Waals surface area contributed by atoms with Crippen molar-refractivity contribution in [1.82, 2.24) is 10.3 Å². The highest BCUT2D eigenvalue weighted by Crippen LogP contribution is 2.19. The first kappa shape index (κ1) is 17.5. The summed E-state index contributed by atoms with van der Waals surface area (Å²) in [5.74, 6) is 4.98. The third-order valence-corrected chi connectivity index (χ3v) is 3.20. The van der Waals surface area contributed by atoms with Crippen molar-refractivity contribution in [3.05, 3.63) is 65.0 Å². The number of alkyl halides is 3. The van der Waals surface area contributed by atoms with Crippen molar-refractivity contribution in [3.8, 4) is 11.8 Å². The van der Waals surface area contributed by atoms with E-state index < -0.39 is 18.1 Å². The van der Waals surface area contributed by atoms with Crippen molar-refractivity contribution in [3.63, 3.8) is 0 Å². The summed E-state index contributed by atoms with van der Waals surface area (Å²) in [6.45, 7) is 2.83. The summed E-state index contributed by atoms with van der Waals surface area (Å²) in [5, 5.41) is 1.86. The number of aromatic nitrogens is 1. The highest BCUT2D eigenvalue weighted by molar-refractivity contribution is 5.92. The fourth-order valence-corrected chi connectivity index (χ4v) is 1.82. The molecule has 0 fully saturated rings. The number of carbonyl (C=O) groups is 1. The summed E-state index contributed by atoms with van der Waals surface area (Å²) in [4.78, 5) is 15.6. The average Bonchev–Trinajstić information content (AvgIpc) is 2.52. The number of rotatable bonds is 2. The monoisotopic (exact) mass is 332 g/mol. The molecule has 2 aromatic rings. The van der Waals surface area contributed by atoms with E-state index in [9.17, 15) is 18.0 Å². The van der Waals surface area contributed by atoms with E-state index in [1.165, 1.54) is 12.3 Å². The molecule has 1 heterocycles. The van der Waals surface area contributed by atoms with Crippen LogP contribution in [0.3, 0.4) is 0 Å².